The largest absolute Gasteiger partial charge is 0.316 e. The van der Waals surface area contributed by atoms with Crippen molar-refractivity contribution in [2.45, 2.75) is 33.1 Å². The van der Waals surface area contributed by atoms with Gasteiger partial charge in [0.1, 0.15) is 0 Å². The molecule has 2 heteroatoms. The van der Waals surface area contributed by atoms with Gasteiger partial charge in [-0.05, 0) is 36.1 Å². The maximum atomic E-state index is 11.9. The second-order valence-electron chi connectivity index (χ2n) is 6.78. The minimum Gasteiger partial charge on any atom is -0.316 e. The summed E-state index contributed by atoms with van der Waals surface area (Å²) in [5.41, 5.74) is 4.37. The fourth-order valence-electron chi connectivity index (χ4n) is 2.80. The lowest BCUT2D eigenvalue weighted by Crippen LogP contribution is -2.10. The van der Waals surface area contributed by atoms with Gasteiger partial charge in [0.25, 0.3) is 0 Å². The first-order chi connectivity index (χ1) is 10.4. The molecule has 0 aliphatic rings. The van der Waals surface area contributed by atoms with Crippen LogP contribution in [0.2, 0.25) is 0 Å². The smallest absolute Gasteiger partial charge is 0.161 e. The van der Waals surface area contributed by atoms with Crippen molar-refractivity contribution >= 4 is 16.7 Å². The van der Waals surface area contributed by atoms with E-state index in [0.29, 0.717) is 0 Å². The summed E-state index contributed by atoms with van der Waals surface area (Å²) in [5, 5.41) is 1.01. The number of para-hydroxylation sites is 1. The van der Waals surface area contributed by atoms with Crippen LogP contribution in [0, 0.1) is 0 Å². The lowest BCUT2D eigenvalue weighted by molar-refractivity contribution is 0.101. The van der Waals surface area contributed by atoms with Crippen molar-refractivity contribution in [3.8, 4) is 5.69 Å². The molecule has 0 N–H and O–H groups in total. The molecular formula is C20H21NO. The third kappa shape index (κ3) is 2.45. The first-order valence-corrected chi connectivity index (χ1v) is 7.60. The van der Waals surface area contributed by atoms with Gasteiger partial charge in [-0.2, -0.15) is 0 Å². The molecule has 0 fully saturated rings. The molecule has 0 spiro atoms. The minimum atomic E-state index is 0.0984. The summed E-state index contributed by atoms with van der Waals surface area (Å²) in [5.74, 6) is 0.0984. The number of benzene rings is 2. The van der Waals surface area contributed by atoms with Crippen molar-refractivity contribution in [2.75, 3.05) is 0 Å². The number of Topliss-reactive ketones (excluding diaryl/α,β-unsaturated/α-hetero) is 1. The summed E-state index contributed by atoms with van der Waals surface area (Å²) in [4.78, 5) is 11.9. The quantitative estimate of drug-likeness (QED) is 0.600. The lowest BCUT2D eigenvalue weighted by atomic mass is 9.87. The van der Waals surface area contributed by atoms with E-state index in [0.717, 1.165) is 22.2 Å². The Labute approximate surface area is 131 Å². The van der Waals surface area contributed by atoms with Crippen LogP contribution in [0.25, 0.3) is 16.6 Å². The Hall–Kier alpha value is -2.35. The highest BCUT2D eigenvalue weighted by Gasteiger charge is 2.15. The molecule has 0 amide bonds. The number of hydrogen-bond acceptors (Lipinski definition) is 1. The number of aromatic nitrogens is 1. The first kappa shape index (κ1) is 14.6. The predicted molar refractivity (Wildman–Crippen MR) is 92.0 cm³/mol. The second kappa shape index (κ2) is 5.13. The van der Waals surface area contributed by atoms with Crippen molar-refractivity contribution in [2.24, 2.45) is 0 Å². The fraction of sp³-hybridized carbons (Fsp3) is 0.250. The Bertz CT molecular complexity index is 832. The van der Waals surface area contributed by atoms with E-state index < -0.39 is 0 Å². The molecule has 2 nitrogen and oxygen atoms in total. The number of nitrogens with zero attached hydrogens (tertiary/aromatic N) is 1. The zero-order valence-electron chi connectivity index (χ0n) is 13.6. The topological polar surface area (TPSA) is 22.0 Å². The number of rotatable bonds is 2. The number of ketones is 1. The van der Waals surface area contributed by atoms with E-state index in [-0.39, 0.29) is 11.2 Å². The van der Waals surface area contributed by atoms with Gasteiger partial charge < -0.3 is 4.57 Å². The van der Waals surface area contributed by atoms with Gasteiger partial charge in [-0.25, -0.2) is 0 Å². The van der Waals surface area contributed by atoms with E-state index in [1.54, 1.807) is 6.92 Å². The third-order valence-electron chi connectivity index (χ3n) is 4.10. The molecule has 0 atom stereocenters. The molecule has 2 aromatic carbocycles. The lowest BCUT2D eigenvalue weighted by Gasteiger charge is -2.19. The predicted octanol–water partition coefficient (Wildman–Crippen LogP) is 5.13. The number of carbonyl (C=O) groups excluding carboxylic acids is 1. The molecule has 0 radical (unpaired) electrons. The zero-order chi connectivity index (χ0) is 15.9. The average Bonchev–Trinajstić information content (AvgIpc) is 2.86. The molecule has 0 saturated carbocycles. The van der Waals surface area contributed by atoms with Crippen molar-refractivity contribution in [3.63, 3.8) is 0 Å². The molecule has 1 heterocycles. The standard InChI is InChI=1S/C20H21NO/c1-14(22)18-13-21(19-8-6-5-7-17(18)19)16-11-9-15(10-12-16)20(2,3)4/h5-13H,1-4H3. The highest BCUT2D eigenvalue weighted by atomic mass is 16.1. The highest BCUT2D eigenvalue weighted by molar-refractivity contribution is 6.07. The van der Waals surface area contributed by atoms with Crippen LogP contribution in [-0.2, 0) is 5.41 Å². The molecule has 0 aliphatic heterocycles. The van der Waals surface area contributed by atoms with E-state index in [1.807, 2.05) is 24.4 Å². The average molecular weight is 291 g/mol. The Balaban J connectivity index is 2.16. The van der Waals surface area contributed by atoms with E-state index in [1.165, 1.54) is 5.56 Å². The molecular weight excluding hydrogens is 270 g/mol. The second-order valence-corrected chi connectivity index (χ2v) is 6.78. The van der Waals surface area contributed by atoms with Crippen LogP contribution in [-0.4, -0.2) is 10.4 Å². The molecule has 0 saturated heterocycles. The molecule has 1 aromatic heterocycles. The molecule has 3 rings (SSSR count). The Kier molecular flexibility index (Phi) is 3.40. The van der Waals surface area contributed by atoms with Gasteiger partial charge in [0, 0.05) is 22.8 Å². The molecule has 0 aliphatic carbocycles. The van der Waals surface area contributed by atoms with Gasteiger partial charge >= 0.3 is 0 Å². The van der Waals surface area contributed by atoms with Crippen molar-refractivity contribution in [1.29, 1.82) is 0 Å². The van der Waals surface area contributed by atoms with Crippen LogP contribution >= 0.6 is 0 Å². The normalized spacial score (nSPS) is 11.8. The highest BCUT2D eigenvalue weighted by Crippen LogP contribution is 2.27. The summed E-state index contributed by atoms with van der Waals surface area (Å²) in [6, 6.07) is 16.6. The third-order valence-corrected chi connectivity index (χ3v) is 4.10. The Morgan fingerprint density at radius 3 is 2.18 bits per heavy atom. The molecule has 112 valence electrons. The summed E-state index contributed by atoms with van der Waals surface area (Å²) >= 11 is 0. The zero-order valence-corrected chi connectivity index (χ0v) is 13.6. The summed E-state index contributed by atoms with van der Waals surface area (Å²) in [7, 11) is 0. The Morgan fingerprint density at radius 1 is 0.955 bits per heavy atom. The maximum absolute atomic E-state index is 11.9. The van der Waals surface area contributed by atoms with E-state index in [4.69, 9.17) is 0 Å². The Morgan fingerprint density at radius 2 is 1.59 bits per heavy atom. The monoisotopic (exact) mass is 291 g/mol. The van der Waals surface area contributed by atoms with Crippen molar-refractivity contribution in [1.82, 2.24) is 4.57 Å². The van der Waals surface area contributed by atoms with E-state index in [9.17, 15) is 4.79 Å². The maximum Gasteiger partial charge on any atom is 0.161 e. The molecule has 0 unspecified atom stereocenters. The molecule has 22 heavy (non-hydrogen) atoms. The molecule has 3 aromatic rings. The SMILES string of the molecule is CC(=O)c1cn(-c2ccc(C(C)(C)C)cc2)c2ccccc12. The van der Waals surface area contributed by atoms with Crippen molar-refractivity contribution < 1.29 is 4.79 Å². The summed E-state index contributed by atoms with van der Waals surface area (Å²) < 4.78 is 2.10. The van der Waals surface area contributed by atoms with Crippen LogP contribution in [0.4, 0.5) is 0 Å². The van der Waals surface area contributed by atoms with Crippen molar-refractivity contribution in [3.05, 3.63) is 65.9 Å². The van der Waals surface area contributed by atoms with Gasteiger partial charge in [-0.15, -0.1) is 0 Å². The van der Waals surface area contributed by atoms with Gasteiger partial charge in [-0.3, -0.25) is 4.79 Å². The van der Waals surface area contributed by atoms with Crippen LogP contribution in [0.1, 0.15) is 43.6 Å². The summed E-state index contributed by atoms with van der Waals surface area (Å²) in [6.45, 7) is 8.25. The minimum absolute atomic E-state index is 0.0984. The number of carbonyl (C=O) groups is 1. The van der Waals surface area contributed by atoms with Gasteiger partial charge in [0.15, 0.2) is 5.78 Å². The number of fused-ring (bicyclic) bond motifs is 1. The van der Waals surface area contributed by atoms with E-state index >= 15 is 0 Å². The van der Waals surface area contributed by atoms with Crippen LogP contribution in [0.5, 0.6) is 0 Å². The fourth-order valence-corrected chi connectivity index (χ4v) is 2.80. The van der Waals surface area contributed by atoms with E-state index in [2.05, 4.69) is 55.7 Å². The number of hydrogen-bond donors (Lipinski definition) is 0. The molecule has 0 bridgehead atoms. The van der Waals surface area contributed by atoms with Gasteiger partial charge in [0.2, 0.25) is 0 Å². The van der Waals surface area contributed by atoms with Crippen LogP contribution < -0.4 is 0 Å². The van der Waals surface area contributed by atoms with Crippen LogP contribution in [0.15, 0.2) is 54.7 Å². The first-order valence-electron chi connectivity index (χ1n) is 7.60. The van der Waals surface area contributed by atoms with Gasteiger partial charge in [0.05, 0.1) is 5.52 Å². The van der Waals surface area contributed by atoms with Crippen LogP contribution in [0.3, 0.4) is 0 Å². The summed E-state index contributed by atoms with van der Waals surface area (Å²) in [6.07, 6.45) is 1.94. The van der Waals surface area contributed by atoms with Gasteiger partial charge in [-0.1, -0.05) is 51.1 Å².